The van der Waals surface area contributed by atoms with Crippen LogP contribution in [0.25, 0.3) is 6.08 Å². The first-order valence-electron chi connectivity index (χ1n) is 11.4. The fourth-order valence-corrected chi connectivity index (χ4v) is 4.70. The lowest BCUT2D eigenvalue weighted by Crippen LogP contribution is -2.47. The first-order valence-corrected chi connectivity index (χ1v) is 11.4. The Morgan fingerprint density at radius 1 is 1.20 bits per heavy atom. The maximum absolute atomic E-state index is 12.5. The van der Waals surface area contributed by atoms with Crippen molar-refractivity contribution in [3.05, 3.63) is 65.8 Å². The van der Waals surface area contributed by atoms with Gasteiger partial charge in [-0.2, -0.15) is 5.26 Å². The molecule has 0 heterocycles. The molecule has 0 saturated carbocycles. The lowest BCUT2D eigenvalue weighted by Gasteiger charge is -2.43. The van der Waals surface area contributed by atoms with Gasteiger partial charge in [-0.25, -0.2) is 0 Å². The quantitative estimate of drug-likeness (QED) is 0.345. The summed E-state index contributed by atoms with van der Waals surface area (Å²) in [5, 5.41) is 19.3. The number of nitriles is 1. The number of carbonyl (C=O) groups is 1. The Balaban J connectivity index is 2.40. The molecule has 35 heavy (non-hydrogen) atoms. The number of nitrogens with zero attached hydrogens (tertiary/aromatic N) is 1. The summed E-state index contributed by atoms with van der Waals surface area (Å²) in [5.41, 5.74) is -0.0887. The van der Waals surface area contributed by atoms with Crippen molar-refractivity contribution in [2.75, 3.05) is 21.3 Å². The highest BCUT2D eigenvalue weighted by atomic mass is 16.7. The topological polar surface area (TPSA) is 88.8 Å². The summed E-state index contributed by atoms with van der Waals surface area (Å²) in [6.45, 7) is 14.0. The van der Waals surface area contributed by atoms with E-state index >= 15 is 0 Å². The van der Waals surface area contributed by atoms with Gasteiger partial charge in [-0.1, -0.05) is 71.6 Å². The maximum Gasteiger partial charge on any atom is 0.196 e. The van der Waals surface area contributed by atoms with Crippen LogP contribution in [0.3, 0.4) is 0 Å². The number of aromatic hydroxyl groups is 1. The molecule has 0 radical (unpaired) electrons. The monoisotopic (exact) mass is 479 g/mol. The van der Waals surface area contributed by atoms with Crippen molar-refractivity contribution < 1.29 is 24.1 Å². The molecule has 0 bridgehead atoms. The molecule has 0 unspecified atom stereocenters. The van der Waals surface area contributed by atoms with Gasteiger partial charge in [-0.3, -0.25) is 4.79 Å². The second-order valence-corrected chi connectivity index (χ2v) is 10.4. The Bertz CT molecular complexity index is 1110. The number of Topliss-reactive ketones (excluding diaryl/α,β-unsaturated/α-hetero) is 1. The van der Waals surface area contributed by atoms with Gasteiger partial charge in [0.1, 0.15) is 6.07 Å². The molecule has 0 aliphatic heterocycles. The minimum absolute atomic E-state index is 0.0583. The Morgan fingerprint density at radius 3 is 2.37 bits per heavy atom. The third-order valence-corrected chi connectivity index (χ3v) is 6.92. The molecule has 0 amide bonds. The van der Waals surface area contributed by atoms with Crippen LogP contribution in [0, 0.1) is 27.6 Å². The predicted molar refractivity (Wildman–Crippen MR) is 138 cm³/mol. The minimum atomic E-state index is -1.16. The van der Waals surface area contributed by atoms with E-state index in [0.717, 1.165) is 11.1 Å². The van der Waals surface area contributed by atoms with E-state index in [2.05, 4.69) is 12.6 Å². The number of methoxy groups -OCH3 is 3. The highest BCUT2D eigenvalue weighted by molar-refractivity contribution is 6.03. The van der Waals surface area contributed by atoms with Gasteiger partial charge in [-0.05, 0) is 35.8 Å². The summed E-state index contributed by atoms with van der Waals surface area (Å²) in [7, 11) is 4.64. The van der Waals surface area contributed by atoms with Gasteiger partial charge in [0.15, 0.2) is 23.1 Å². The maximum atomic E-state index is 12.5. The zero-order chi connectivity index (χ0) is 26.7. The average Bonchev–Trinajstić information content (AvgIpc) is 2.81. The van der Waals surface area contributed by atoms with E-state index < -0.39 is 22.0 Å². The van der Waals surface area contributed by atoms with Crippen molar-refractivity contribution in [3.63, 3.8) is 0 Å². The number of allylic oxidation sites excluding steroid dienone is 4. The number of ether oxygens (including phenoxy) is 3. The molecular weight excluding hydrogens is 442 g/mol. The van der Waals surface area contributed by atoms with E-state index in [1.807, 2.05) is 58.9 Å². The SMILES string of the molecule is C=C(/C=C/[C@@]1(C)C=C(C#N)C(=O)C(C)(C)C1)C(C)(C)C(/C=C/c1ccc(O)c(OC)c1)(OC)OC. The van der Waals surface area contributed by atoms with E-state index in [-0.39, 0.29) is 17.1 Å². The molecule has 6 heteroatoms. The Kier molecular flexibility index (Phi) is 8.21. The van der Waals surface area contributed by atoms with Crippen molar-refractivity contribution in [2.24, 2.45) is 16.2 Å². The summed E-state index contributed by atoms with van der Waals surface area (Å²) < 4.78 is 17.0. The fraction of sp³-hybridized carbons (Fsp3) is 0.448. The third-order valence-electron chi connectivity index (χ3n) is 6.92. The van der Waals surface area contributed by atoms with Crippen molar-refractivity contribution >= 4 is 11.9 Å². The van der Waals surface area contributed by atoms with Gasteiger partial charge in [0.05, 0.1) is 12.7 Å². The van der Waals surface area contributed by atoms with Gasteiger partial charge < -0.3 is 19.3 Å². The summed E-state index contributed by atoms with van der Waals surface area (Å²) >= 11 is 0. The number of phenols is 1. The molecule has 6 nitrogen and oxygen atoms in total. The van der Waals surface area contributed by atoms with E-state index in [1.54, 1.807) is 38.5 Å². The Hall–Kier alpha value is -3.14. The number of hydrogen-bond acceptors (Lipinski definition) is 6. The molecule has 1 aliphatic rings. The summed E-state index contributed by atoms with van der Waals surface area (Å²) in [6.07, 6.45) is 9.89. The first-order chi connectivity index (χ1) is 16.2. The molecule has 0 saturated heterocycles. The number of ketones is 1. The lowest BCUT2D eigenvalue weighted by molar-refractivity contribution is -0.221. The van der Waals surface area contributed by atoms with Crippen LogP contribution in [0.4, 0.5) is 0 Å². The van der Waals surface area contributed by atoms with Gasteiger partial charge >= 0.3 is 0 Å². The third kappa shape index (κ3) is 5.58. The largest absolute Gasteiger partial charge is 0.504 e. The van der Waals surface area contributed by atoms with E-state index in [1.165, 1.54) is 7.11 Å². The van der Waals surface area contributed by atoms with Crippen molar-refractivity contribution in [2.45, 2.75) is 46.8 Å². The summed E-state index contributed by atoms with van der Waals surface area (Å²) in [4.78, 5) is 12.5. The molecule has 1 aliphatic carbocycles. The van der Waals surface area contributed by atoms with E-state index in [4.69, 9.17) is 14.2 Å². The molecule has 0 spiro atoms. The Labute approximate surface area is 209 Å². The molecule has 0 aromatic heterocycles. The van der Waals surface area contributed by atoms with Gasteiger partial charge in [-0.15, -0.1) is 0 Å². The van der Waals surface area contributed by atoms with Crippen LogP contribution in [-0.4, -0.2) is 38.0 Å². The number of hydrogen-bond donors (Lipinski definition) is 1. The number of rotatable bonds is 9. The van der Waals surface area contributed by atoms with Crippen molar-refractivity contribution in [1.82, 2.24) is 0 Å². The normalized spacial score (nSPS) is 20.7. The van der Waals surface area contributed by atoms with Crippen molar-refractivity contribution in [3.8, 4) is 17.6 Å². The van der Waals surface area contributed by atoms with E-state index in [0.29, 0.717) is 12.2 Å². The second-order valence-electron chi connectivity index (χ2n) is 10.4. The fourth-order valence-electron chi connectivity index (χ4n) is 4.70. The van der Waals surface area contributed by atoms with Crippen LogP contribution < -0.4 is 4.74 Å². The first kappa shape index (κ1) is 28.1. The van der Waals surface area contributed by atoms with E-state index in [9.17, 15) is 15.2 Å². The minimum Gasteiger partial charge on any atom is -0.504 e. The zero-order valence-corrected chi connectivity index (χ0v) is 22.1. The molecule has 2 rings (SSSR count). The van der Waals surface area contributed by atoms with Crippen LogP contribution in [0.2, 0.25) is 0 Å². The molecule has 0 fully saturated rings. The van der Waals surface area contributed by atoms with Crippen LogP contribution >= 0.6 is 0 Å². The van der Waals surface area contributed by atoms with Crippen molar-refractivity contribution in [1.29, 1.82) is 5.26 Å². The molecule has 1 atom stereocenters. The van der Waals surface area contributed by atoms with Crippen LogP contribution in [-0.2, 0) is 14.3 Å². The standard InChI is InChI=1S/C29H37NO5/c1-20(12-14-28(6)17-22(18-30)25(32)26(2,3)19-28)27(4,5)29(34-8,35-9)15-13-21-10-11-23(31)24(16-21)33-7/h10-17,31H,1,19H2,2-9H3/b14-12+,15-13+/t28-/m0/s1. The van der Waals surface area contributed by atoms with Crippen LogP contribution in [0.1, 0.15) is 46.6 Å². The molecule has 1 aromatic carbocycles. The zero-order valence-electron chi connectivity index (χ0n) is 22.1. The van der Waals surface area contributed by atoms with Gasteiger partial charge in [0, 0.05) is 30.5 Å². The molecule has 1 aromatic rings. The average molecular weight is 480 g/mol. The molecule has 188 valence electrons. The predicted octanol–water partition coefficient (Wildman–Crippen LogP) is 6.00. The van der Waals surface area contributed by atoms with Crippen LogP contribution in [0.15, 0.2) is 60.2 Å². The molecular formula is C29H37NO5. The Morgan fingerprint density at radius 2 is 1.83 bits per heavy atom. The molecule has 1 N–H and O–H groups in total. The highest BCUT2D eigenvalue weighted by Crippen LogP contribution is 2.46. The summed E-state index contributed by atoms with van der Waals surface area (Å²) in [5.74, 6) is -0.858. The highest BCUT2D eigenvalue weighted by Gasteiger charge is 2.46. The van der Waals surface area contributed by atoms with Gasteiger partial charge in [0.25, 0.3) is 0 Å². The number of phenolic OH excluding ortho intramolecular Hbond substituents is 1. The second kappa shape index (κ2) is 10.2. The summed E-state index contributed by atoms with van der Waals surface area (Å²) in [6, 6.07) is 7.09. The van der Waals surface area contributed by atoms with Gasteiger partial charge in [0.2, 0.25) is 0 Å². The lowest BCUT2D eigenvalue weighted by atomic mass is 9.65. The number of benzene rings is 1. The van der Waals surface area contributed by atoms with Crippen LogP contribution in [0.5, 0.6) is 11.5 Å². The smallest absolute Gasteiger partial charge is 0.196 e. The number of carbonyl (C=O) groups excluding carboxylic acids is 1.